The van der Waals surface area contributed by atoms with Crippen molar-refractivity contribution in [3.05, 3.63) is 95.6 Å². The summed E-state index contributed by atoms with van der Waals surface area (Å²) >= 11 is 0. The second-order valence-electron chi connectivity index (χ2n) is 7.87. The summed E-state index contributed by atoms with van der Waals surface area (Å²) < 4.78 is 5.16. The molecule has 2 amide bonds. The number of rotatable bonds is 11. The van der Waals surface area contributed by atoms with Crippen molar-refractivity contribution in [3.63, 3.8) is 0 Å². The van der Waals surface area contributed by atoms with Gasteiger partial charge in [-0.3, -0.25) is 9.59 Å². The van der Waals surface area contributed by atoms with E-state index in [1.165, 1.54) is 0 Å². The van der Waals surface area contributed by atoms with E-state index in [1.54, 1.807) is 13.2 Å². The molecule has 0 saturated heterocycles. The van der Waals surface area contributed by atoms with Crippen LogP contribution in [-0.2, 0) is 11.2 Å². The van der Waals surface area contributed by atoms with Gasteiger partial charge in [0, 0.05) is 24.3 Å². The van der Waals surface area contributed by atoms with Crippen molar-refractivity contribution in [2.24, 2.45) is 0 Å². The number of anilines is 1. The van der Waals surface area contributed by atoms with Gasteiger partial charge in [-0.05, 0) is 61.7 Å². The van der Waals surface area contributed by atoms with Crippen molar-refractivity contribution < 1.29 is 14.3 Å². The zero-order chi connectivity index (χ0) is 23.5. The van der Waals surface area contributed by atoms with Crippen molar-refractivity contribution in [2.75, 3.05) is 25.5 Å². The van der Waals surface area contributed by atoms with Crippen LogP contribution in [0.2, 0.25) is 0 Å². The molecule has 1 atom stereocenters. The summed E-state index contributed by atoms with van der Waals surface area (Å²) in [4.78, 5) is 25.7. The second kappa shape index (κ2) is 12.3. The summed E-state index contributed by atoms with van der Waals surface area (Å²) in [6.45, 7) is 2.94. The molecule has 6 nitrogen and oxygen atoms in total. The molecule has 3 aromatic carbocycles. The molecule has 0 aliphatic rings. The van der Waals surface area contributed by atoms with Crippen LogP contribution < -0.4 is 20.7 Å². The molecule has 0 saturated carbocycles. The van der Waals surface area contributed by atoms with Crippen molar-refractivity contribution >= 4 is 17.5 Å². The minimum atomic E-state index is -0.626. The van der Waals surface area contributed by atoms with Crippen LogP contribution in [0, 0.1) is 6.92 Å². The Morgan fingerprint density at radius 3 is 2.36 bits per heavy atom. The Labute approximate surface area is 195 Å². The van der Waals surface area contributed by atoms with Crippen LogP contribution in [0.15, 0.2) is 78.9 Å². The standard InChI is InChI=1S/C27H31N3O3/c1-20-7-6-10-22(19-20)26(31)30-25(16-11-21-8-4-3-5-9-21)27(32)29-18-17-28-23-12-14-24(33-2)15-13-23/h3-10,12-15,19,25,28H,11,16-18H2,1-2H3,(H,29,32)(H,30,31). The third kappa shape index (κ3) is 7.68. The van der Waals surface area contributed by atoms with Gasteiger partial charge in [0.2, 0.25) is 5.91 Å². The Balaban J connectivity index is 1.56. The molecule has 6 heteroatoms. The van der Waals surface area contributed by atoms with E-state index in [0.717, 1.165) is 22.6 Å². The molecule has 3 N–H and O–H groups in total. The average Bonchev–Trinajstić information content (AvgIpc) is 2.85. The van der Waals surface area contributed by atoms with Crippen LogP contribution in [0.3, 0.4) is 0 Å². The number of ether oxygens (including phenoxy) is 1. The van der Waals surface area contributed by atoms with Crippen LogP contribution >= 0.6 is 0 Å². The Bertz CT molecular complexity index is 1040. The molecule has 0 spiro atoms. The smallest absolute Gasteiger partial charge is 0.251 e. The number of aryl methyl sites for hydroxylation is 2. The van der Waals surface area contributed by atoms with Crippen LogP contribution in [0.5, 0.6) is 5.75 Å². The molecule has 3 aromatic rings. The molecule has 1 unspecified atom stereocenters. The highest BCUT2D eigenvalue weighted by Crippen LogP contribution is 2.14. The molecule has 3 rings (SSSR count). The van der Waals surface area contributed by atoms with Crippen LogP contribution in [0.1, 0.15) is 27.9 Å². The molecular formula is C27H31N3O3. The number of amides is 2. The number of carbonyl (C=O) groups excluding carboxylic acids is 2. The number of hydrogen-bond donors (Lipinski definition) is 3. The molecule has 33 heavy (non-hydrogen) atoms. The van der Waals surface area contributed by atoms with Crippen molar-refractivity contribution in [3.8, 4) is 5.75 Å². The first-order valence-electron chi connectivity index (χ1n) is 11.1. The zero-order valence-corrected chi connectivity index (χ0v) is 19.1. The zero-order valence-electron chi connectivity index (χ0n) is 19.1. The maximum absolute atomic E-state index is 12.9. The minimum Gasteiger partial charge on any atom is -0.497 e. The average molecular weight is 446 g/mol. The molecule has 0 aliphatic carbocycles. The van der Waals surface area contributed by atoms with E-state index in [9.17, 15) is 9.59 Å². The van der Waals surface area contributed by atoms with Gasteiger partial charge in [0.15, 0.2) is 0 Å². The first kappa shape index (κ1) is 23.9. The lowest BCUT2D eigenvalue weighted by Crippen LogP contribution is -2.48. The maximum atomic E-state index is 12.9. The lowest BCUT2D eigenvalue weighted by molar-refractivity contribution is -0.123. The molecule has 0 fully saturated rings. The van der Waals surface area contributed by atoms with Gasteiger partial charge in [0.1, 0.15) is 11.8 Å². The van der Waals surface area contributed by atoms with Gasteiger partial charge in [0.05, 0.1) is 7.11 Å². The monoisotopic (exact) mass is 445 g/mol. The van der Waals surface area contributed by atoms with Gasteiger partial charge in [-0.2, -0.15) is 0 Å². The van der Waals surface area contributed by atoms with Gasteiger partial charge in [-0.15, -0.1) is 0 Å². The Morgan fingerprint density at radius 1 is 0.909 bits per heavy atom. The largest absolute Gasteiger partial charge is 0.497 e. The lowest BCUT2D eigenvalue weighted by atomic mass is 10.0. The molecule has 0 heterocycles. The molecule has 0 aliphatic heterocycles. The summed E-state index contributed by atoms with van der Waals surface area (Å²) in [6, 6.07) is 24.3. The van der Waals surface area contributed by atoms with Crippen molar-refractivity contribution in [1.82, 2.24) is 10.6 Å². The highest BCUT2D eigenvalue weighted by molar-refractivity contribution is 5.97. The minimum absolute atomic E-state index is 0.191. The first-order valence-corrected chi connectivity index (χ1v) is 11.1. The van der Waals surface area contributed by atoms with Gasteiger partial charge < -0.3 is 20.7 Å². The SMILES string of the molecule is COc1ccc(NCCNC(=O)C(CCc2ccccc2)NC(=O)c2cccc(C)c2)cc1. The van der Waals surface area contributed by atoms with E-state index in [2.05, 4.69) is 16.0 Å². The van der Waals surface area contributed by atoms with Gasteiger partial charge >= 0.3 is 0 Å². The summed E-state index contributed by atoms with van der Waals surface area (Å²) in [7, 11) is 1.63. The van der Waals surface area contributed by atoms with Crippen LogP contribution in [0.25, 0.3) is 0 Å². The third-order valence-electron chi connectivity index (χ3n) is 5.31. The van der Waals surface area contributed by atoms with Gasteiger partial charge in [-0.1, -0.05) is 48.0 Å². The van der Waals surface area contributed by atoms with E-state index in [1.807, 2.05) is 79.7 Å². The normalized spacial score (nSPS) is 11.3. The number of carbonyl (C=O) groups is 2. The number of benzene rings is 3. The maximum Gasteiger partial charge on any atom is 0.251 e. The summed E-state index contributed by atoms with van der Waals surface area (Å²) in [5.74, 6) is 0.353. The molecular weight excluding hydrogens is 414 g/mol. The molecule has 0 bridgehead atoms. The van der Waals surface area contributed by atoms with Crippen molar-refractivity contribution in [2.45, 2.75) is 25.8 Å². The van der Waals surface area contributed by atoms with Gasteiger partial charge in [0.25, 0.3) is 5.91 Å². The fourth-order valence-corrected chi connectivity index (χ4v) is 3.48. The van der Waals surface area contributed by atoms with E-state index < -0.39 is 6.04 Å². The number of methoxy groups -OCH3 is 1. The van der Waals surface area contributed by atoms with Gasteiger partial charge in [-0.25, -0.2) is 0 Å². The fourth-order valence-electron chi connectivity index (χ4n) is 3.48. The second-order valence-corrected chi connectivity index (χ2v) is 7.87. The highest BCUT2D eigenvalue weighted by atomic mass is 16.5. The molecule has 0 radical (unpaired) electrons. The lowest BCUT2D eigenvalue weighted by Gasteiger charge is -2.19. The summed E-state index contributed by atoms with van der Waals surface area (Å²) in [6.07, 6.45) is 1.20. The first-order chi connectivity index (χ1) is 16.0. The third-order valence-corrected chi connectivity index (χ3v) is 5.31. The highest BCUT2D eigenvalue weighted by Gasteiger charge is 2.21. The Morgan fingerprint density at radius 2 is 1.67 bits per heavy atom. The molecule has 0 aromatic heterocycles. The van der Waals surface area contributed by atoms with E-state index >= 15 is 0 Å². The fraction of sp³-hybridized carbons (Fsp3) is 0.259. The van der Waals surface area contributed by atoms with Crippen molar-refractivity contribution in [1.29, 1.82) is 0 Å². The Hall–Kier alpha value is -3.80. The number of hydrogen-bond acceptors (Lipinski definition) is 4. The predicted molar refractivity (Wildman–Crippen MR) is 132 cm³/mol. The van der Waals surface area contributed by atoms with E-state index in [-0.39, 0.29) is 11.8 Å². The summed E-state index contributed by atoms with van der Waals surface area (Å²) in [5, 5.41) is 9.12. The van der Waals surface area contributed by atoms with E-state index in [4.69, 9.17) is 4.74 Å². The van der Waals surface area contributed by atoms with E-state index in [0.29, 0.717) is 31.5 Å². The molecule has 172 valence electrons. The summed E-state index contributed by atoms with van der Waals surface area (Å²) in [5.41, 5.74) is 3.62. The number of nitrogens with one attached hydrogen (secondary N) is 3. The van der Waals surface area contributed by atoms with Crippen LogP contribution in [-0.4, -0.2) is 38.1 Å². The topological polar surface area (TPSA) is 79.5 Å². The quantitative estimate of drug-likeness (QED) is 0.390. The van der Waals surface area contributed by atoms with Crippen LogP contribution in [0.4, 0.5) is 5.69 Å². The Kier molecular flexibility index (Phi) is 8.88. The predicted octanol–water partition coefficient (Wildman–Crippen LogP) is 3.96.